The molecule has 0 spiro atoms. The van der Waals surface area contributed by atoms with Gasteiger partial charge in [-0.25, -0.2) is 8.42 Å². The number of nitrogens with zero attached hydrogens (tertiary/aromatic N) is 1. The van der Waals surface area contributed by atoms with E-state index in [0.29, 0.717) is 50.2 Å². The minimum Gasteiger partial charge on any atom is -0.480 e. The van der Waals surface area contributed by atoms with Crippen molar-refractivity contribution in [3.63, 3.8) is 0 Å². The van der Waals surface area contributed by atoms with Crippen LogP contribution in [0, 0.1) is 11.3 Å². The number of aliphatic carboxylic acids is 1. The number of carboxylic acids is 1. The molecule has 2 N–H and O–H groups in total. The molecule has 0 radical (unpaired) electrons. The van der Waals surface area contributed by atoms with E-state index >= 15 is 0 Å². The molecule has 1 aliphatic heterocycles. The Labute approximate surface area is 147 Å². The second-order valence-corrected chi connectivity index (χ2v) is 8.70. The highest BCUT2D eigenvalue weighted by Crippen LogP contribution is 2.46. The van der Waals surface area contributed by atoms with Gasteiger partial charge in [-0.3, -0.25) is 9.59 Å². The number of piperidine rings is 1. The molecule has 2 aliphatic rings. The van der Waals surface area contributed by atoms with Gasteiger partial charge in [0, 0.05) is 19.6 Å². The van der Waals surface area contributed by atoms with Crippen LogP contribution >= 0.6 is 0 Å². The highest BCUT2D eigenvalue weighted by molar-refractivity contribution is 7.89. The average molecular weight is 366 g/mol. The lowest BCUT2D eigenvalue weighted by Crippen LogP contribution is -2.43. The Morgan fingerprint density at radius 2 is 1.76 bits per heavy atom. The predicted molar refractivity (Wildman–Crippen MR) is 90.2 cm³/mol. The van der Waals surface area contributed by atoms with Gasteiger partial charge in [-0.05, 0) is 43.7 Å². The summed E-state index contributed by atoms with van der Waals surface area (Å²) in [6.07, 6.45) is 2.07. The Hall–Kier alpha value is -1.93. The van der Waals surface area contributed by atoms with Crippen LogP contribution in [0.1, 0.15) is 25.7 Å². The first-order valence-corrected chi connectivity index (χ1v) is 9.87. The Kier molecular flexibility index (Phi) is 4.83. The van der Waals surface area contributed by atoms with E-state index in [1.165, 1.54) is 4.31 Å². The molecule has 0 bridgehead atoms. The van der Waals surface area contributed by atoms with E-state index in [9.17, 15) is 18.0 Å². The lowest BCUT2D eigenvalue weighted by molar-refractivity contribution is -0.149. The third kappa shape index (κ3) is 3.55. The number of carboxylic acid groups (broad SMARTS) is 1. The summed E-state index contributed by atoms with van der Waals surface area (Å²) in [4.78, 5) is 23.4. The second kappa shape index (κ2) is 6.76. The Morgan fingerprint density at radius 1 is 1.16 bits per heavy atom. The molecule has 1 aliphatic carbocycles. The molecule has 1 saturated heterocycles. The second-order valence-electron chi connectivity index (χ2n) is 6.76. The van der Waals surface area contributed by atoms with E-state index in [4.69, 9.17) is 5.11 Å². The molecule has 1 amide bonds. The maximum atomic E-state index is 12.6. The smallest absolute Gasteiger partial charge is 0.319 e. The SMILES string of the molecule is O=C(O)C1(C(=O)NCC2CCN(S(=O)(=O)c3ccccc3)CC2)CC1. The third-order valence-electron chi connectivity index (χ3n) is 5.10. The first-order chi connectivity index (χ1) is 11.9. The zero-order valence-electron chi connectivity index (χ0n) is 13.8. The lowest BCUT2D eigenvalue weighted by atomic mass is 9.97. The average Bonchev–Trinajstić information content (AvgIpc) is 3.43. The number of rotatable bonds is 6. The number of carbonyl (C=O) groups is 2. The zero-order valence-corrected chi connectivity index (χ0v) is 14.7. The highest BCUT2D eigenvalue weighted by atomic mass is 32.2. The van der Waals surface area contributed by atoms with Gasteiger partial charge in [-0.15, -0.1) is 0 Å². The summed E-state index contributed by atoms with van der Waals surface area (Å²) < 4.78 is 26.6. The van der Waals surface area contributed by atoms with Gasteiger partial charge >= 0.3 is 5.97 Å². The van der Waals surface area contributed by atoms with E-state index in [0.717, 1.165) is 0 Å². The molecule has 1 saturated carbocycles. The van der Waals surface area contributed by atoms with Crippen molar-refractivity contribution in [3.05, 3.63) is 30.3 Å². The topological polar surface area (TPSA) is 104 Å². The quantitative estimate of drug-likeness (QED) is 0.733. The number of carbonyl (C=O) groups excluding carboxylic acids is 1. The molecule has 3 rings (SSSR count). The Morgan fingerprint density at radius 3 is 2.28 bits per heavy atom. The van der Waals surface area contributed by atoms with Crippen molar-refractivity contribution in [1.29, 1.82) is 0 Å². The van der Waals surface area contributed by atoms with Crippen LogP contribution in [0.15, 0.2) is 35.2 Å². The summed E-state index contributed by atoms with van der Waals surface area (Å²) in [5.41, 5.74) is -1.22. The fourth-order valence-electron chi connectivity index (χ4n) is 3.16. The first-order valence-electron chi connectivity index (χ1n) is 8.43. The van der Waals surface area contributed by atoms with Crippen LogP contribution in [-0.2, 0) is 19.6 Å². The molecule has 0 aromatic heterocycles. The van der Waals surface area contributed by atoms with Crippen molar-refractivity contribution in [1.82, 2.24) is 9.62 Å². The maximum Gasteiger partial charge on any atom is 0.319 e. The molecule has 7 nitrogen and oxygen atoms in total. The molecule has 0 unspecified atom stereocenters. The number of benzene rings is 1. The number of hydrogen-bond acceptors (Lipinski definition) is 4. The van der Waals surface area contributed by atoms with Gasteiger partial charge < -0.3 is 10.4 Å². The maximum absolute atomic E-state index is 12.6. The molecule has 136 valence electrons. The molecule has 1 heterocycles. The number of nitrogens with one attached hydrogen (secondary N) is 1. The zero-order chi connectivity index (χ0) is 18.1. The van der Waals surface area contributed by atoms with Gasteiger partial charge in [-0.1, -0.05) is 18.2 Å². The van der Waals surface area contributed by atoms with Crippen molar-refractivity contribution in [3.8, 4) is 0 Å². The number of amides is 1. The van der Waals surface area contributed by atoms with Crippen LogP contribution in [0.25, 0.3) is 0 Å². The predicted octanol–water partition coefficient (Wildman–Crippen LogP) is 1.07. The third-order valence-corrected chi connectivity index (χ3v) is 7.01. The molecule has 25 heavy (non-hydrogen) atoms. The van der Waals surface area contributed by atoms with E-state index < -0.39 is 27.3 Å². The molecule has 1 aromatic rings. The van der Waals surface area contributed by atoms with Crippen LogP contribution in [0.5, 0.6) is 0 Å². The van der Waals surface area contributed by atoms with Crippen LogP contribution in [0.4, 0.5) is 0 Å². The summed E-state index contributed by atoms with van der Waals surface area (Å²) in [7, 11) is -3.47. The molecule has 1 aromatic carbocycles. The fraction of sp³-hybridized carbons (Fsp3) is 0.529. The number of sulfonamides is 1. The molecular formula is C17H22N2O5S. The normalized spacial score (nSPS) is 20.8. The lowest BCUT2D eigenvalue weighted by Gasteiger charge is -2.31. The molecule has 2 fully saturated rings. The summed E-state index contributed by atoms with van der Waals surface area (Å²) in [6.45, 7) is 1.21. The van der Waals surface area contributed by atoms with E-state index in [-0.39, 0.29) is 5.92 Å². The molecule has 8 heteroatoms. The monoisotopic (exact) mass is 366 g/mol. The minimum absolute atomic E-state index is 0.163. The van der Waals surface area contributed by atoms with Gasteiger partial charge in [0.05, 0.1) is 4.90 Å². The summed E-state index contributed by atoms with van der Waals surface area (Å²) >= 11 is 0. The van der Waals surface area contributed by atoms with Crippen LogP contribution in [0.2, 0.25) is 0 Å². The van der Waals surface area contributed by atoms with Gasteiger partial charge in [-0.2, -0.15) is 4.31 Å². The van der Waals surface area contributed by atoms with Crippen molar-refractivity contribution >= 4 is 21.9 Å². The highest BCUT2D eigenvalue weighted by Gasteiger charge is 2.57. The van der Waals surface area contributed by atoms with Gasteiger partial charge in [0.1, 0.15) is 5.41 Å². The van der Waals surface area contributed by atoms with Crippen LogP contribution < -0.4 is 5.32 Å². The van der Waals surface area contributed by atoms with Gasteiger partial charge in [0.15, 0.2) is 0 Å². The Balaban J connectivity index is 1.51. The van der Waals surface area contributed by atoms with Crippen molar-refractivity contribution in [2.75, 3.05) is 19.6 Å². The van der Waals surface area contributed by atoms with Crippen molar-refractivity contribution in [2.24, 2.45) is 11.3 Å². The van der Waals surface area contributed by atoms with Gasteiger partial charge in [0.25, 0.3) is 0 Å². The van der Waals surface area contributed by atoms with Crippen LogP contribution in [0.3, 0.4) is 0 Å². The summed E-state index contributed by atoms with van der Waals surface area (Å²) in [6, 6.07) is 8.35. The largest absolute Gasteiger partial charge is 0.480 e. The number of hydrogen-bond donors (Lipinski definition) is 2. The Bertz CT molecular complexity index is 751. The fourth-order valence-corrected chi connectivity index (χ4v) is 4.66. The van der Waals surface area contributed by atoms with Gasteiger partial charge in [0.2, 0.25) is 15.9 Å². The molecular weight excluding hydrogens is 344 g/mol. The standard InChI is InChI=1S/C17H22N2O5S/c20-15(17(8-9-17)16(21)22)18-12-13-6-10-19(11-7-13)25(23,24)14-4-2-1-3-5-14/h1-5,13H,6-12H2,(H,18,20)(H,21,22). The van der Waals surface area contributed by atoms with E-state index in [1.807, 2.05) is 0 Å². The molecule has 0 atom stereocenters. The summed E-state index contributed by atoms with van der Waals surface area (Å²) in [5.74, 6) is -1.32. The summed E-state index contributed by atoms with van der Waals surface area (Å²) in [5, 5.41) is 11.8. The minimum atomic E-state index is -3.47. The first kappa shape index (κ1) is 17.9. The van der Waals surface area contributed by atoms with Crippen molar-refractivity contribution in [2.45, 2.75) is 30.6 Å². The van der Waals surface area contributed by atoms with E-state index in [1.54, 1.807) is 30.3 Å². The van der Waals surface area contributed by atoms with Crippen LogP contribution in [-0.4, -0.2) is 49.3 Å². The van der Waals surface area contributed by atoms with E-state index in [2.05, 4.69) is 5.32 Å². The van der Waals surface area contributed by atoms with Crippen molar-refractivity contribution < 1.29 is 23.1 Å².